The Balaban J connectivity index is 2.21. The number of rotatable bonds is 6. The summed E-state index contributed by atoms with van der Waals surface area (Å²) in [5.74, 6) is 0.890. The van der Waals surface area contributed by atoms with E-state index in [0.29, 0.717) is 0 Å². The van der Waals surface area contributed by atoms with Gasteiger partial charge in [-0.2, -0.15) is 0 Å². The number of halogens is 1. The lowest BCUT2D eigenvalue weighted by Crippen LogP contribution is -2.53. The van der Waals surface area contributed by atoms with E-state index in [2.05, 4.69) is 19.2 Å². The molecule has 0 radical (unpaired) electrons. The standard InChI is InChI=1S/C17H26ClNO2/c1-4-19-16(17(2)9-5-6-10-21-17)12-13-11-14(18)7-8-15(13)20-3/h7-8,11,16,19H,4-6,9-10,12H2,1-3H3. The number of hydrogen-bond acceptors (Lipinski definition) is 3. The summed E-state index contributed by atoms with van der Waals surface area (Å²) in [6, 6.07) is 6.06. The van der Waals surface area contributed by atoms with Gasteiger partial charge in [0.15, 0.2) is 0 Å². The number of ether oxygens (including phenoxy) is 2. The van der Waals surface area contributed by atoms with E-state index in [1.165, 1.54) is 6.42 Å². The molecular formula is C17H26ClNO2. The first kappa shape index (κ1) is 16.6. The molecule has 2 rings (SSSR count). The van der Waals surface area contributed by atoms with Crippen LogP contribution in [0.1, 0.15) is 38.7 Å². The van der Waals surface area contributed by atoms with Crippen molar-refractivity contribution in [2.24, 2.45) is 0 Å². The van der Waals surface area contributed by atoms with Crippen molar-refractivity contribution in [1.82, 2.24) is 5.32 Å². The van der Waals surface area contributed by atoms with Gasteiger partial charge >= 0.3 is 0 Å². The molecule has 1 saturated heterocycles. The molecular weight excluding hydrogens is 286 g/mol. The third-order valence-corrected chi connectivity index (χ3v) is 4.59. The van der Waals surface area contributed by atoms with E-state index in [0.717, 1.165) is 48.7 Å². The quantitative estimate of drug-likeness (QED) is 0.866. The van der Waals surface area contributed by atoms with Crippen molar-refractivity contribution in [2.75, 3.05) is 20.3 Å². The van der Waals surface area contributed by atoms with Crippen molar-refractivity contribution in [3.63, 3.8) is 0 Å². The second kappa shape index (κ2) is 7.48. The van der Waals surface area contributed by atoms with Crippen LogP contribution in [0, 0.1) is 0 Å². The molecule has 0 bridgehead atoms. The molecule has 2 atom stereocenters. The van der Waals surface area contributed by atoms with Gasteiger partial charge in [0.25, 0.3) is 0 Å². The lowest BCUT2D eigenvalue weighted by atomic mass is 9.84. The summed E-state index contributed by atoms with van der Waals surface area (Å²) in [4.78, 5) is 0. The highest BCUT2D eigenvalue weighted by Gasteiger charge is 2.36. The molecule has 1 N–H and O–H groups in total. The molecule has 118 valence electrons. The Bertz CT molecular complexity index is 458. The van der Waals surface area contributed by atoms with Crippen LogP contribution in [0.2, 0.25) is 5.02 Å². The highest BCUT2D eigenvalue weighted by molar-refractivity contribution is 6.30. The van der Waals surface area contributed by atoms with Gasteiger partial charge in [0.2, 0.25) is 0 Å². The minimum Gasteiger partial charge on any atom is -0.496 e. The first-order valence-electron chi connectivity index (χ1n) is 7.79. The topological polar surface area (TPSA) is 30.5 Å². The lowest BCUT2D eigenvalue weighted by Gasteiger charge is -2.41. The third kappa shape index (κ3) is 4.12. The molecule has 0 aliphatic carbocycles. The number of benzene rings is 1. The Hall–Kier alpha value is -0.770. The fourth-order valence-corrected chi connectivity index (χ4v) is 3.30. The Morgan fingerprint density at radius 2 is 2.24 bits per heavy atom. The van der Waals surface area contributed by atoms with Crippen molar-refractivity contribution in [1.29, 1.82) is 0 Å². The highest BCUT2D eigenvalue weighted by atomic mass is 35.5. The second-order valence-electron chi connectivity index (χ2n) is 5.89. The maximum atomic E-state index is 6.15. The summed E-state index contributed by atoms with van der Waals surface area (Å²) in [7, 11) is 1.70. The summed E-state index contributed by atoms with van der Waals surface area (Å²) in [6.07, 6.45) is 4.33. The minimum absolute atomic E-state index is 0.123. The molecule has 1 aromatic rings. The van der Waals surface area contributed by atoms with E-state index in [1.54, 1.807) is 7.11 Å². The number of likely N-dealkylation sites (N-methyl/N-ethyl adjacent to an activating group) is 1. The van der Waals surface area contributed by atoms with Crippen LogP contribution in [0.25, 0.3) is 0 Å². The summed E-state index contributed by atoms with van der Waals surface area (Å²) >= 11 is 6.15. The maximum Gasteiger partial charge on any atom is 0.122 e. The van der Waals surface area contributed by atoms with E-state index in [4.69, 9.17) is 21.1 Å². The Kier molecular flexibility index (Phi) is 5.91. The van der Waals surface area contributed by atoms with Crippen LogP contribution in [0.5, 0.6) is 5.75 Å². The smallest absolute Gasteiger partial charge is 0.122 e. The first-order valence-corrected chi connectivity index (χ1v) is 8.16. The predicted octanol–water partition coefficient (Wildman–Crippen LogP) is 3.83. The third-order valence-electron chi connectivity index (χ3n) is 4.35. The average Bonchev–Trinajstić information content (AvgIpc) is 2.48. The lowest BCUT2D eigenvalue weighted by molar-refractivity contribution is -0.0881. The second-order valence-corrected chi connectivity index (χ2v) is 6.33. The van der Waals surface area contributed by atoms with Crippen molar-refractivity contribution in [3.05, 3.63) is 28.8 Å². The van der Waals surface area contributed by atoms with E-state index in [9.17, 15) is 0 Å². The molecule has 1 aromatic carbocycles. The largest absolute Gasteiger partial charge is 0.496 e. The minimum atomic E-state index is -0.123. The first-order chi connectivity index (χ1) is 10.1. The zero-order valence-electron chi connectivity index (χ0n) is 13.2. The van der Waals surface area contributed by atoms with Crippen molar-refractivity contribution < 1.29 is 9.47 Å². The fraction of sp³-hybridized carbons (Fsp3) is 0.647. The van der Waals surface area contributed by atoms with Crippen molar-refractivity contribution in [2.45, 2.75) is 51.2 Å². The van der Waals surface area contributed by atoms with Gasteiger partial charge in [-0.05, 0) is 62.9 Å². The van der Waals surface area contributed by atoms with Crippen molar-refractivity contribution in [3.8, 4) is 5.75 Å². The molecule has 1 heterocycles. The van der Waals surface area contributed by atoms with Gasteiger partial charge in [0, 0.05) is 17.7 Å². The molecule has 1 aliphatic rings. The Morgan fingerprint density at radius 3 is 2.86 bits per heavy atom. The van der Waals surface area contributed by atoms with Crippen LogP contribution in [0.3, 0.4) is 0 Å². The molecule has 4 heteroatoms. The zero-order valence-corrected chi connectivity index (χ0v) is 14.0. The summed E-state index contributed by atoms with van der Waals surface area (Å²) < 4.78 is 11.6. The summed E-state index contributed by atoms with van der Waals surface area (Å²) in [6.45, 7) is 6.13. The van der Waals surface area contributed by atoms with Gasteiger partial charge in [0.1, 0.15) is 5.75 Å². The molecule has 0 aromatic heterocycles. The molecule has 0 saturated carbocycles. The zero-order chi connectivity index (χ0) is 15.3. The van der Waals surface area contributed by atoms with Crippen LogP contribution in [-0.2, 0) is 11.2 Å². The normalized spacial score (nSPS) is 23.8. The molecule has 3 nitrogen and oxygen atoms in total. The van der Waals surface area contributed by atoms with Crippen molar-refractivity contribution >= 4 is 11.6 Å². The number of nitrogens with one attached hydrogen (secondary N) is 1. The molecule has 0 spiro atoms. The van der Waals surface area contributed by atoms with Gasteiger partial charge < -0.3 is 14.8 Å². The summed E-state index contributed by atoms with van der Waals surface area (Å²) in [5.41, 5.74) is 1.01. The molecule has 21 heavy (non-hydrogen) atoms. The monoisotopic (exact) mass is 311 g/mol. The van der Waals surface area contributed by atoms with Crippen LogP contribution in [0.15, 0.2) is 18.2 Å². The fourth-order valence-electron chi connectivity index (χ4n) is 3.11. The van der Waals surface area contributed by atoms with E-state index in [1.807, 2.05) is 18.2 Å². The van der Waals surface area contributed by atoms with Gasteiger partial charge in [-0.25, -0.2) is 0 Å². The predicted molar refractivity (Wildman–Crippen MR) is 87.4 cm³/mol. The van der Waals surface area contributed by atoms with E-state index < -0.39 is 0 Å². The SMILES string of the molecule is CCNC(Cc1cc(Cl)ccc1OC)C1(C)CCCCO1. The molecule has 2 unspecified atom stereocenters. The average molecular weight is 312 g/mol. The molecule has 0 amide bonds. The Labute approximate surface area is 133 Å². The highest BCUT2D eigenvalue weighted by Crippen LogP contribution is 2.32. The van der Waals surface area contributed by atoms with Gasteiger partial charge in [-0.15, -0.1) is 0 Å². The van der Waals surface area contributed by atoms with Gasteiger partial charge in [0.05, 0.1) is 12.7 Å². The van der Waals surface area contributed by atoms with Crippen LogP contribution in [-0.4, -0.2) is 31.9 Å². The maximum absolute atomic E-state index is 6.15. The van der Waals surface area contributed by atoms with Crippen LogP contribution >= 0.6 is 11.6 Å². The van der Waals surface area contributed by atoms with E-state index >= 15 is 0 Å². The van der Waals surface area contributed by atoms with Gasteiger partial charge in [-0.3, -0.25) is 0 Å². The number of hydrogen-bond donors (Lipinski definition) is 1. The Morgan fingerprint density at radius 1 is 1.43 bits per heavy atom. The molecule has 1 aliphatic heterocycles. The number of methoxy groups -OCH3 is 1. The van der Waals surface area contributed by atoms with E-state index in [-0.39, 0.29) is 11.6 Å². The summed E-state index contributed by atoms with van der Waals surface area (Å²) in [5, 5.41) is 4.33. The van der Waals surface area contributed by atoms with Gasteiger partial charge in [-0.1, -0.05) is 18.5 Å². The van der Waals surface area contributed by atoms with Crippen LogP contribution in [0.4, 0.5) is 0 Å². The van der Waals surface area contributed by atoms with Crippen LogP contribution < -0.4 is 10.1 Å². The molecule has 1 fully saturated rings.